The molecule has 3 nitrogen and oxygen atoms in total. The first-order chi connectivity index (χ1) is 12.4. The van der Waals surface area contributed by atoms with E-state index in [1.165, 1.54) is 12.1 Å². The molecule has 0 aliphatic carbocycles. The van der Waals surface area contributed by atoms with E-state index >= 15 is 0 Å². The van der Waals surface area contributed by atoms with E-state index in [0.717, 1.165) is 12.1 Å². The molecule has 0 bridgehead atoms. The molecule has 7 heteroatoms. The Hall–Kier alpha value is -1.99. The highest BCUT2D eigenvalue weighted by atomic mass is 28.4. The predicted octanol–water partition coefficient (Wildman–Crippen LogP) is 5.75. The van der Waals surface area contributed by atoms with Crippen LogP contribution in [0, 0.1) is 17.5 Å². The molecular weight excluding hydrogens is 371 g/mol. The average molecular weight is 398 g/mol. The summed E-state index contributed by atoms with van der Waals surface area (Å²) in [6, 6.07) is 5.59. The fraction of sp³-hybridized carbons (Fsp3) is 0.400. The van der Waals surface area contributed by atoms with Crippen molar-refractivity contribution in [2.45, 2.75) is 38.9 Å². The molecule has 0 radical (unpaired) electrons. The quantitative estimate of drug-likeness (QED) is 0.383. The molecule has 2 aromatic rings. The summed E-state index contributed by atoms with van der Waals surface area (Å²) in [7, 11) is -1.91. The van der Waals surface area contributed by atoms with Gasteiger partial charge in [-0.1, -0.05) is 20.8 Å². The third-order valence-electron chi connectivity index (χ3n) is 4.93. The summed E-state index contributed by atoms with van der Waals surface area (Å²) < 4.78 is 53.1. The van der Waals surface area contributed by atoms with Gasteiger partial charge in [0.2, 0.25) is 0 Å². The van der Waals surface area contributed by atoms with Gasteiger partial charge in [0.25, 0.3) is 0 Å². The molecule has 2 rings (SSSR count). The van der Waals surface area contributed by atoms with Gasteiger partial charge in [0, 0.05) is 17.2 Å². The van der Waals surface area contributed by atoms with Crippen LogP contribution in [0.4, 0.5) is 18.9 Å². The van der Waals surface area contributed by atoms with Gasteiger partial charge in [0.1, 0.15) is 29.8 Å². The molecule has 0 heterocycles. The number of halogens is 3. The molecule has 2 aromatic carbocycles. The van der Waals surface area contributed by atoms with Crippen LogP contribution in [-0.2, 0) is 4.43 Å². The third-order valence-corrected chi connectivity index (χ3v) is 9.47. The topological polar surface area (TPSA) is 44.5 Å². The Bertz CT molecular complexity index is 820. The van der Waals surface area contributed by atoms with Gasteiger partial charge in [-0.15, -0.1) is 0 Å². The minimum absolute atomic E-state index is 0.0197. The fourth-order valence-corrected chi connectivity index (χ4v) is 3.30. The standard InChI is InChI=1S/C20H26F3NO2Si/c1-20(2,3)27(4,5)26-9-8-25-19-7-6-13(21)10-15(19)14-11-18(24)17(23)12-16(14)22/h6-7,10-12H,8-9,24H2,1-5H3. The van der Waals surface area contributed by atoms with Gasteiger partial charge >= 0.3 is 0 Å². The van der Waals surface area contributed by atoms with Crippen LogP contribution in [0.25, 0.3) is 11.1 Å². The molecule has 0 fully saturated rings. The van der Waals surface area contributed by atoms with Crippen molar-refractivity contribution in [2.75, 3.05) is 18.9 Å². The second-order valence-corrected chi connectivity index (χ2v) is 12.8. The zero-order valence-electron chi connectivity index (χ0n) is 16.3. The van der Waals surface area contributed by atoms with E-state index in [0.29, 0.717) is 12.7 Å². The summed E-state index contributed by atoms with van der Waals surface area (Å²) >= 11 is 0. The molecule has 0 saturated heterocycles. The summed E-state index contributed by atoms with van der Waals surface area (Å²) in [6.07, 6.45) is 0. The first kappa shape index (κ1) is 21.3. The van der Waals surface area contributed by atoms with Crippen LogP contribution in [0.15, 0.2) is 30.3 Å². The van der Waals surface area contributed by atoms with Gasteiger partial charge in [0.15, 0.2) is 8.32 Å². The second kappa shape index (κ2) is 7.94. The summed E-state index contributed by atoms with van der Waals surface area (Å²) in [4.78, 5) is 0. The molecule has 0 aromatic heterocycles. The number of hydrogen-bond acceptors (Lipinski definition) is 3. The first-order valence-electron chi connectivity index (χ1n) is 8.73. The normalized spacial score (nSPS) is 12.3. The lowest BCUT2D eigenvalue weighted by Crippen LogP contribution is -2.41. The van der Waals surface area contributed by atoms with E-state index in [1.54, 1.807) is 0 Å². The summed E-state index contributed by atoms with van der Waals surface area (Å²) in [5.74, 6) is -1.98. The molecule has 0 atom stereocenters. The van der Waals surface area contributed by atoms with Gasteiger partial charge in [-0.05, 0) is 42.4 Å². The van der Waals surface area contributed by atoms with Gasteiger partial charge < -0.3 is 14.9 Å². The zero-order chi connectivity index (χ0) is 20.4. The lowest BCUT2D eigenvalue weighted by molar-refractivity contribution is 0.204. The number of ether oxygens (including phenoxy) is 1. The van der Waals surface area contributed by atoms with Crippen LogP contribution in [0.2, 0.25) is 18.1 Å². The predicted molar refractivity (Wildman–Crippen MR) is 105 cm³/mol. The average Bonchev–Trinajstić information content (AvgIpc) is 2.55. The van der Waals surface area contributed by atoms with Crippen LogP contribution in [-0.4, -0.2) is 21.5 Å². The Morgan fingerprint density at radius 2 is 1.59 bits per heavy atom. The van der Waals surface area contributed by atoms with E-state index in [1.807, 2.05) is 0 Å². The smallest absolute Gasteiger partial charge is 0.192 e. The lowest BCUT2D eigenvalue weighted by atomic mass is 10.0. The van der Waals surface area contributed by atoms with Crippen molar-refractivity contribution in [3.05, 3.63) is 47.8 Å². The largest absolute Gasteiger partial charge is 0.491 e. The molecule has 0 aliphatic heterocycles. The zero-order valence-corrected chi connectivity index (χ0v) is 17.3. The van der Waals surface area contributed by atoms with E-state index < -0.39 is 25.8 Å². The minimum atomic E-state index is -1.91. The number of anilines is 1. The van der Waals surface area contributed by atoms with Gasteiger partial charge in [-0.3, -0.25) is 0 Å². The maximum Gasteiger partial charge on any atom is 0.192 e. The first-order valence-corrected chi connectivity index (χ1v) is 11.6. The maximum atomic E-state index is 14.2. The van der Waals surface area contributed by atoms with E-state index in [-0.39, 0.29) is 34.2 Å². The molecule has 2 N–H and O–H groups in total. The monoisotopic (exact) mass is 397 g/mol. The Labute approximate surface area is 159 Å². The Morgan fingerprint density at radius 1 is 0.926 bits per heavy atom. The number of benzene rings is 2. The van der Waals surface area contributed by atoms with Crippen LogP contribution in [0.1, 0.15) is 20.8 Å². The van der Waals surface area contributed by atoms with Crippen molar-refractivity contribution in [1.82, 2.24) is 0 Å². The molecule has 0 unspecified atom stereocenters. The van der Waals surface area contributed by atoms with Crippen molar-refractivity contribution >= 4 is 14.0 Å². The van der Waals surface area contributed by atoms with E-state index in [9.17, 15) is 13.2 Å². The Kier molecular flexibility index (Phi) is 6.27. The number of nitrogen functional groups attached to an aromatic ring is 1. The summed E-state index contributed by atoms with van der Waals surface area (Å²) in [5.41, 5.74) is 5.47. The van der Waals surface area contributed by atoms with Gasteiger partial charge in [0.05, 0.1) is 12.3 Å². The number of nitrogens with two attached hydrogens (primary N) is 1. The second-order valence-electron chi connectivity index (χ2n) is 7.95. The molecule has 0 amide bonds. The van der Waals surface area contributed by atoms with E-state index in [4.69, 9.17) is 14.9 Å². The number of rotatable bonds is 6. The van der Waals surface area contributed by atoms with Crippen molar-refractivity contribution < 1.29 is 22.3 Å². The van der Waals surface area contributed by atoms with Crippen molar-refractivity contribution in [1.29, 1.82) is 0 Å². The molecule has 0 spiro atoms. The maximum absolute atomic E-state index is 14.2. The van der Waals surface area contributed by atoms with Crippen LogP contribution < -0.4 is 10.5 Å². The Balaban J connectivity index is 2.19. The van der Waals surface area contributed by atoms with Gasteiger partial charge in [-0.2, -0.15) is 0 Å². The highest BCUT2D eigenvalue weighted by Gasteiger charge is 2.36. The van der Waals surface area contributed by atoms with Crippen molar-refractivity contribution in [2.24, 2.45) is 0 Å². The van der Waals surface area contributed by atoms with E-state index in [2.05, 4.69) is 33.9 Å². The van der Waals surface area contributed by atoms with Crippen molar-refractivity contribution in [3.8, 4) is 16.9 Å². The summed E-state index contributed by atoms with van der Waals surface area (Å²) in [6.45, 7) is 11.3. The van der Waals surface area contributed by atoms with Crippen LogP contribution in [0.3, 0.4) is 0 Å². The number of hydrogen-bond donors (Lipinski definition) is 1. The van der Waals surface area contributed by atoms with Gasteiger partial charge in [-0.25, -0.2) is 13.2 Å². The minimum Gasteiger partial charge on any atom is -0.491 e. The van der Waals surface area contributed by atoms with Crippen LogP contribution >= 0.6 is 0 Å². The fourth-order valence-electron chi connectivity index (χ4n) is 2.28. The Morgan fingerprint density at radius 3 is 2.22 bits per heavy atom. The molecular formula is C20H26F3NO2Si. The van der Waals surface area contributed by atoms with Crippen molar-refractivity contribution in [3.63, 3.8) is 0 Å². The van der Waals surface area contributed by atoms with Crippen LogP contribution in [0.5, 0.6) is 5.75 Å². The molecule has 27 heavy (non-hydrogen) atoms. The third kappa shape index (κ3) is 5.04. The molecule has 0 aliphatic rings. The SMILES string of the molecule is CC(C)(C)[Si](C)(C)OCCOc1ccc(F)cc1-c1cc(N)c(F)cc1F. The molecule has 148 valence electrons. The highest BCUT2D eigenvalue weighted by Crippen LogP contribution is 2.37. The highest BCUT2D eigenvalue weighted by molar-refractivity contribution is 6.74. The lowest BCUT2D eigenvalue weighted by Gasteiger charge is -2.36. The summed E-state index contributed by atoms with van der Waals surface area (Å²) in [5, 5.41) is 0.0722. The molecule has 0 saturated carbocycles.